The van der Waals surface area contributed by atoms with Crippen LogP contribution in [0.2, 0.25) is 5.02 Å². The summed E-state index contributed by atoms with van der Waals surface area (Å²) < 4.78 is 5.08. The second-order valence-electron chi connectivity index (χ2n) is 5.72. The van der Waals surface area contributed by atoms with E-state index in [0.717, 1.165) is 31.3 Å². The van der Waals surface area contributed by atoms with E-state index in [9.17, 15) is 0 Å². The van der Waals surface area contributed by atoms with Gasteiger partial charge in [-0.05, 0) is 37.0 Å². The van der Waals surface area contributed by atoms with Gasteiger partial charge in [0.05, 0.1) is 6.61 Å². The van der Waals surface area contributed by atoms with E-state index < -0.39 is 0 Å². The normalized spacial score (nSPS) is 14.4. The Kier molecular flexibility index (Phi) is 6.81. The largest absolute Gasteiger partial charge is 0.383 e. The number of benzene rings is 1. The fourth-order valence-electron chi connectivity index (χ4n) is 2.57. The lowest BCUT2D eigenvalue weighted by atomic mass is 10.1. The first-order valence-corrected chi connectivity index (χ1v) is 8.38. The number of rotatable bonds is 10. The van der Waals surface area contributed by atoms with Crippen molar-refractivity contribution in [3.63, 3.8) is 0 Å². The highest BCUT2D eigenvalue weighted by Gasteiger charge is 2.30. The third kappa shape index (κ3) is 5.17. The lowest BCUT2D eigenvalue weighted by Crippen LogP contribution is -2.29. The van der Waals surface area contributed by atoms with Crippen molar-refractivity contribution in [3.05, 3.63) is 28.8 Å². The van der Waals surface area contributed by atoms with Crippen LogP contribution in [0.15, 0.2) is 18.2 Å². The second-order valence-corrected chi connectivity index (χ2v) is 6.16. The molecule has 1 saturated carbocycles. The number of hydrogen-bond acceptors (Lipinski definition) is 3. The molecule has 1 aromatic carbocycles. The van der Waals surface area contributed by atoms with E-state index in [-0.39, 0.29) is 0 Å². The number of anilines is 1. The summed E-state index contributed by atoms with van der Waals surface area (Å²) in [5.41, 5.74) is 2.64. The molecule has 1 fully saturated rings. The van der Waals surface area contributed by atoms with Crippen molar-refractivity contribution >= 4 is 17.3 Å². The molecule has 0 spiro atoms. The van der Waals surface area contributed by atoms with Crippen LogP contribution in [0, 0.1) is 0 Å². The molecule has 1 aliphatic rings. The van der Waals surface area contributed by atoms with Crippen LogP contribution in [0.3, 0.4) is 0 Å². The van der Waals surface area contributed by atoms with E-state index >= 15 is 0 Å². The van der Waals surface area contributed by atoms with Crippen LogP contribution in [-0.2, 0) is 11.3 Å². The number of nitrogens with zero attached hydrogens (tertiary/aromatic N) is 1. The third-order valence-corrected chi connectivity index (χ3v) is 4.13. The fourth-order valence-corrected chi connectivity index (χ4v) is 2.73. The SMILES string of the molecule is CCCCN(c1cc(Cl)ccc1CNCCOC)C1CC1. The highest BCUT2D eigenvalue weighted by atomic mass is 35.5. The van der Waals surface area contributed by atoms with Gasteiger partial charge in [0, 0.05) is 43.5 Å². The lowest BCUT2D eigenvalue weighted by Gasteiger charge is -2.27. The van der Waals surface area contributed by atoms with Crippen molar-refractivity contribution in [2.45, 2.75) is 45.2 Å². The molecule has 118 valence electrons. The zero-order valence-electron chi connectivity index (χ0n) is 13.2. The van der Waals surface area contributed by atoms with Crippen LogP contribution in [0.5, 0.6) is 0 Å². The molecule has 0 unspecified atom stereocenters. The summed E-state index contributed by atoms with van der Waals surface area (Å²) in [7, 11) is 1.73. The maximum Gasteiger partial charge on any atom is 0.0587 e. The minimum atomic E-state index is 0.716. The van der Waals surface area contributed by atoms with Gasteiger partial charge in [-0.2, -0.15) is 0 Å². The topological polar surface area (TPSA) is 24.5 Å². The predicted molar refractivity (Wildman–Crippen MR) is 90.3 cm³/mol. The number of ether oxygens (including phenoxy) is 1. The summed E-state index contributed by atoms with van der Waals surface area (Å²) in [4.78, 5) is 2.56. The Morgan fingerprint density at radius 3 is 2.86 bits per heavy atom. The zero-order valence-corrected chi connectivity index (χ0v) is 14.0. The van der Waals surface area contributed by atoms with Crippen LogP contribution in [0.4, 0.5) is 5.69 Å². The Labute approximate surface area is 133 Å². The van der Waals surface area contributed by atoms with E-state index in [0.29, 0.717) is 6.04 Å². The van der Waals surface area contributed by atoms with Gasteiger partial charge in [0.1, 0.15) is 0 Å². The van der Waals surface area contributed by atoms with Crippen molar-refractivity contribution in [1.82, 2.24) is 5.32 Å². The Balaban J connectivity index is 2.08. The predicted octanol–water partition coefficient (Wildman–Crippen LogP) is 3.84. The summed E-state index contributed by atoms with van der Waals surface area (Å²) in [6, 6.07) is 6.98. The van der Waals surface area contributed by atoms with E-state index in [1.165, 1.54) is 36.9 Å². The molecule has 0 amide bonds. The highest BCUT2D eigenvalue weighted by molar-refractivity contribution is 6.30. The Morgan fingerprint density at radius 2 is 2.19 bits per heavy atom. The summed E-state index contributed by atoms with van der Waals surface area (Å²) in [6.07, 6.45) is 5.09. The molecule has 0 atom stereocenters. The van der Waals surface area contributed by atoms with E-state index in [1.807, 2.05) is 6.07 Å². The summed E-state index contributed by atoms with van der Waals surface area (Å²) in [5, 5.41) is 4.26. The van der Waals surface area contributed by atoms with Gasteiger partial charge in [0.2, 0.25) is 0 Å². The van der Waals surface area contributed by atoms with Crippen LogP contribution < -0.4 is 10.2 Å². The molecule has 0 saturated heterocycles. The van der Waals surface area contributed by atoms with Gasteiger partial charge in [0.25, 0.3) is 0 Å². The average Bonchev–Trinajstić information content (AvgIpc) is 3.30. The smallest absolute Gasteiger partial charge is 0.0587 e. The number of unbranched alkanes of at least 4 members (excludes halogenated alkanes) is 1. The van der Waals surface area contributed by atoms with Gasteiger partial charge in [-0.25, -0.2) is 0 Å². The zero-order chi connectivity index (χ0) is 15.1. The molecule has 3 nitrogen and oxygen atoms in total. The molecule has 0 aromatic heterocycles. The van der Waals surface area contributed by atoms with Crippen molar-refractivity contribution < 1.29 is 4.74 Å². The first kappa shape index (κ1) is 16.6. The number of hydrogen-bond donors (Lipinski definition) is 1. The van der Waals surface area contributed by atoms with E-state index in [1.54, 1.807) is 7.11 Å². The first-order valence-electron chi connectivity index (χ1n) is 8.01. The van der Waals surface area contributed by atoms with Gasteiger partial charge in [0.15, 0.2) is 0 Å². The fraction of sp³-hybridized carbons (Fsp3) is 0.647. The van der Waals surface area contributed by atoms with Gasteiger partial charge in [-0.15, -0.1) is 0 Å². The Bertz CT molecular complexity index is 435. The minimum absolute atomic E-state index is 0.716. The van der Waals surface area contributed by atoms with E-state index in [2.05, 4.69) is 29.3 Å². The van der Waals surface area contributed by atoms with Crippen LogP contribution >= 0.6 is 11.6 Å². The van der Waals surface area contributed by atoms with Crippen molar-refractivity contribution in [3.8, 4) is 0 Å². The maximum atomic E-state index is 6.24. The molecule has 1 N–H and O–H groups in total. The minimum Gasteiger partial charge on any atom is -0.383 e. The Hall–Kier alpha value is -0.770. The first-order chi connectivity index (χ1) is 10.3. The molecule has 0 radical (unpaired) electrons. The van der Waals surface area contributed by atoms with Gasteiger partial charge < -0.3 is 15.0 Å². The van der Waals surface area contributed by atoms with Gasteiger partial charge in [-0.3, -0.25) is 0 Å². The summed E-state index contributed by atoms with van der Waals surface area (Å²) in [5.74, 6) is 0. The number of nitrogens with one attached hydrogen (secondary N) is 1. The second kappa shape index (κ2) is 8.62. The number of methoxy groups -OCH3 is 1. The van der Waals surface area contributed by atoms with E-state index in [4.69, 9.17) is 16.3 Å². The molecule has 1 aromatic rings. The molecule has 2 rings (SSSR count). The van der Waals surface area contributed by atoms with Gasteiger partial charge >= 0.3 is 0 Å². The van der Waals surface area contributed by atoms with Gasteiger partial charge in [-0.1, -0.05) is 31.0 Å². The van der Waals surface area contributed by atoms with Crippen LogP contribution in [0.1, 0.15) is 38.2 Å². The molecule has 1 aliphatic carbocycles. The highest BCUT2D eigenvalue weighted by Crippen LogP contribution is 2.35. The van der Waals surface area contributed by atoms with Crippen molar-refractivity contribution in [2.75, 3.05) is 31.7 Å². The molecule has 0 heterocycles. The number of halogens is 1. The quantitative estimate of drug-likeness (QED) is 0.664. The molecular formula is C17H27ClN2O. The standard InChI is InChI=1S/C17H27ClN2O/c1-3-4-10-20(16-7-8-16)17-12-15(18)6-5-14(17)13-19-9-11-21-2/h5-6,12,16,19H,3-4,7-11,13H2,1-2H3. The monoisotopic (exact) mass is 310 g/mol. The summed E-state index contributed by atoms with van der Waals surface area (Å²) in [6.45, 7) is 5.86. The van der Waals surface area contributed by atoms with Crippen molar-refractivity contribution in [2.24, 2.45) is 0 Å². The third-order valence-electron chi connectivity index (χ3n) is 3.90. The van der Waals surface area contributed by atoms with Crippen LogP contribution in [0.25, 0.3) is 0 Å². The molecule has 21 heavy (non-hydrogen) atoms. The molecule has 0 aliphatic heterocycles. The van der Waals surface area contributed by atoms with Crippen molar-refractivity contribution in [1.29, 1.82) is 0 Å². The Morgan fingerprint density at radius 1 is 1.38 bits per heavy atom. The summed E-state index contributed by atoms with van der Waals surface area (Å²) >= 11 is 6.24. The molecular weight excluding hydrogens is 284 g/mol. The molecule has 4 heteroatoms. The lowest BCUT2D eigenvalue weighted by molar-refractivity contribution is 0.199. The van der Waals surface area contributed by atoms with Crippen LogP contribution in [-0.4, -0.2) is 32.8 Å². The molecule has 0 bridgehead atoms. The maximum absolute atomic E-state index is 6.24. The average molecular weight is 311 g/mol.